The number of nitrogens with zero attached hydrogens (tertiary/aromatic N) is 3. The molecule has 0 N–H and O–H groups in total. The Hall–Kier alpha value is -1.72. The van der Waals surface area contributed by atoms with Gasteiger partial charge in [0, 0.05) is 24.2 Å². The molecule has 1 saturated heterocycles. The van der Waals surface area contributed by atoms with Gasteiger partial charge in [-0.05, 0) is 18.2 Å². The lowest BCUT2D eigenvalue weighted by Crippen LogP contribution is -2.02. The molecule has 5 heteroatoms. The summed E-state index contributed by atoms with van der Waals surface area (Å²) in [7, 11) is 0. The third kappa shape index (κ3) is 1.70. The summed E-state index contributed by atoms with van der Waals surface area (Å²) in [5, 5.41) is 4.11. The van der Waals surface area contributed by atoms with Gasteiger partial charge in [0.2, 0.25) is 0 Å². The summed E-state index contributed by atoms with van der Waals surface area (Å²) in [5.74, 6) is 0.784. The van der Waals surface area contributed by atoms with Crippen molar-refractivity contribution in [2.45, 2.75) is 6.29 Å². The highest BCUT2D eigenvalue weighted by atomic mass is 16.7. The smallest absolute Gasteiger partial charge is 0.185 e. The number of pyridine rings is 1. The van der Waals surface area contributed by atoms with Crippen LogP contribution in [0, 0.1) is 0 Å². The summed E-state index contributed by atoms with van der Waals surface area (Å²) in [6.07, 6.45) is 5.07. The van der Waals surface area contributed by atoms with Crippen molar-refractivity contribution < 1.29 is 9.47 Å². The number of hydrogen-bond donors (Lipinski definition) is 0. The Morgan fingerprint density at radius 1 is 1.25 bits per heavy atom. The Bertz CT molecular complexity index is 447. The van der Waals surface area contributed by atoms with E-state index in [4.69, 9.17) is 9.47 Å². The average Bonchev–Trinajstić information content (AvgIpc) is 3.03. The predicted octanol–water partition coefficient (Wildman–Crippen LogP) is 1.31. The second kappa shape index (κ2) is 4.03. The van der Waals surface area contributed by atoms with Crippen molar-refractivity contribution >= 4 is 0 Å². The van der Waals surface area contributed by atoms with Gasteiger partial charge in [-0.15, -0.1) is 0 Å². The van der Waals surface area contributed by atoms with E-state index in [9.17, 15) is 0 Å². The van der Waals surface area contributed by atoms with Crippen LogP contribution in [-0.4, -0.2) is 28.0 Å². The highest BCUT2D eigenvalue weighted by Gasteiger charge is 2.18. The molecule has 82 valence electrons. The fourth-order valence-corrected chi connectivity index (χ4v) is 1.63. The van der Waals surface area contributed by atoms with E-state index >= 15 is 0 Å². The molecule has 0 radical (unpaired) electrons. The Morgan fingerprint density at radius 3 is 2.75 bits per heavy atom. The lowest BCUT2D eigenvalue weighted by molar-refractivity contribution is -0.0443. The number of aromatic nitrogens is 3. The Balaban J connectivity index is 1.84. The Labute approximate surface area is 92.6 Å². The Morgan fingerprint density at radius 2 is 2.12 bits per heavy atom. The second-order valence-electron chi connectivity index (χ2n) is 3.47. The predicted molar refractivity (Wildman–Crippen MR) is 56.0 cm³/mol. The number of rotatable bonds is 2. The first-order valence-corrected chi connectivity index (χ1v) is 5.13. The van der Waals surface area contributed by atoms with Gasteiger partial charge in [-0.3, -0.25) is 0 Å². The van der Waals surface area contributed by atoms with Gasteiger partial charge in [-0.2, -0.15) is 5.10 Å². The van der Waals surface area contributed by atoms with E-state index in [1.54, 1.807) is 17.1 Å². The van der Waals surface area contributed by atoms with Crippen molar-refractivity contribution in [3.05, 3.63) is 42.4 Å². The molecule has 0 saturated carbocycles. The van der Waals surface area contributed by atoms with Crippen LogP contribution in [0.15, 0.2) is 36.8 Å². The highest BCUT2D eigenvalue weighted by molar-refractivity contribution is 5.25. The summed E-state index contributed by atoms with van der Waals surface area (Å²) < 4.78 is 12.5. The quantitative estimate of drug-likeness (QED) is 0.761. The van der Waals surface area contributed by atoms with Gasteiger partial charge >= 0.3 is 0 Å². The zero-order valence-corrected chi connectivity index (χ0v) is 8.61. The lowest BCUT2D eigenvalue weighted by atomic mass is 10.3. The van der Waals surface area contributed by atoms with Crippen LogP contribution in [0.3, 0.4) is 0 Å². The molecule has 2 aromatic rings. The van der Waals surface area contributed by atoms with Crippen molar-refractivity contribution in [1.29, 1.82) is 0 Å². The molecule has 0 spiro atoms. The number of hydrogen-bond acceptors (Lipinski definition) is 4. The van der Waals surface area contributed by atoms with Crippen molar-refractivity contribution in [3.63, 3.8) is 0 Å². The van der Waals surface area contributed by atoms with Crippen LogP contribution >= 0.6 is 0 Å². The number of ether oxygens (including phenoxy) is 2. The molecule has 16 heavy (non-hydrogen) atoms. The van der Waals surface area contributed by atoms with Crippen LogP contribution in [0.25, 0.3) is 5.82 Å². The summed E-state index contributed by atoms with van der Waals surface area (Å²) in [6, 6.07) is 5.70. The van der Waals surface area contributed by atoms with E-state index in [1.807, 2.05) is 24.4 Å². The molecule has 0 aliphatic carbocycles. The minimum atomic E-state index is -0.265. The second-order valence-corrected chi connectivity index (χ2v) is 3.47. The fourth-order valence-electron chi connectivity index (χ4n) is 1.63. The molecule has 3 rings (SSSR count). The molecular formula is C11H11N3O2. The first kappa shape index (κ1) is 9.50. The minimum absolute atomic E-state index is 0.265. The first-order chi connectivity index (χ1) is 7.93. The first-order valence-electron chi connectivity index (χ1n) is 5.13. The van der Waals surface area contributed by atoms with Gasteiger partial charge in [0.25, 0.3) is 0 Å². The lowest BCUT2D eigenvalue weighted by Gasteiger charge is -2.09. The van der Waals surface area contributed by atoms with Crippen LogP contribution in [-0.2, 0) is 9.47 Å². The van der Waals surface area contributed by atoms with E-state index in [2.05, 4.69) is 10.1 Å². The normalized spacial score (nSPS) is 16.8. The average molecular weight is 217 g/mol. The van der Waals surface area contributed by atoms with Crippen LogP contribution < -0.4 is 0 Å². The van der Waals surface area contributed by atoms with Crippen LogP contribution in [0.4, 0.5) is 0 Å². The van der Waals surface area contributed by atoms with Gasteiger partial charge < -0.3 is 9.47 Å². The third-order valence-corrected chi connectivity index (χ3v) is 2.40. The van der Waals surface area contributed by atoms with Crippen molar-refractivity contribution in [3.8, 4) is 5.82 Å². The van der Waals surface area contributed by atoms with Crippen LogP contribution in [0.1, 0.15) is 11.9 Å². The maximum absolute atomic E-state index is 5.38. The zero-order chi connectivity index (χ0) is 10.8. The minimum Gasteiger partial charge on any atom is -0.346 e. The Kier molecular flexibility index (Phi) is 2.40. The molecule has 1 aliphatic rings. The van der Waals surface area contributed by atoms with Gasteiger partial charge in [-0.1, -0.05) is 0 Å². The van der Waals surface area contributed by atoms with E-state index in [-0.39, 0.29) is 6.29 Å². The molecule has 3 heterocycles. The van der Waals surface area contributed by atoms with Crippen LogP contribution in [0.2, 0.25) is 0 Å². The fraction of sp³-hybridized carbons (Fsp3) is 0.273. The molecular weight excluding hydrogens is 206 g/mol. The SMILES string of the molecule is c1cnn(-c2ccc(C3OCCO3)cn2)c1. The monoisotopic (exact) mass is 217 g/mol. The molecule has 1 fully saturated rings. The molecule has 1 aliphatic heterocycles. The van der Waals surface area contributed by atoms with E-state index in [0.29, 0.717) is 13.2 Å². The van der Waals surface area contributed by atoms with Crippen molar-refractivity contribution in [2.75, 3.05) is 13.2 Å². The molecule has 2 aromatic heterocycles. The van der Waals surface area contributed by atoms with Gasteiger partial charge in [0.05, 0.1) is 13.2 Å². The topological polar surface area (TPSA) is 49.2 Å². The van der Waals surface area contributed by atoms with E-state index < -0.39 is 0 Å². The standard InChI is InChI=1S/C11H11N3O2/c1-4-13-14(5-1)10-3-2-9(8-12-10)11-15-6-7-16-11/h1-5,8,11H,6-7H2. The molecule has 0 bridgehead atoms. The van der Waals surface area contributed by atoms with E-state index in [1.165, 1.54) is 0 Å². The highest BCUT2D eigenvalue weighted by Crippen LogP contribution is 2.22. The summed E-state index contributed by atoms with van der Waals surface area (Å²) in [5.41, 5.74) is 0.938. The largest absolute Gasteiger partial charge is 0.346 e. The summed E-state index contributed by atoms with van der Waals surface area (Å²) >= 11 is 0. The van der Waals surface area contributed by atoms with Crippen molar-refractivity contribution in [2.24, 2.45) is 0 Å². The summed E-state index contributed by atoms with van der Waals surface area (Å²) in [4.78, 5) is 4.31. The molecule has 0 unspecified atom stereocenters. The van der Waals surface area contributed by atoms with Gasteiger partial charge in [0.15, 0.2) is 12.1 Å². The van der Waals surface area contributed by atoms with E-state index in [0.717, 1.165) is 11.4 Å². The van der Waals surface area contributed by atoms with Gasteiger partial charge in [0.1, 0.15) is 0 Å². The maximum atomic E-state index is 5.38. The molecule has 0 atom stereocenters. The molecule has 0 aromatic carbocycles. The van der Waals surface area contributed by atoms with Crippen molar-refractivity contribution in [1.82, 2.24) is 14.8 Å². The zero-order valence-electron chi connectivity index (χ0n) is 8.61. The maximum Gasteiger partial charge on any atom is 0.185 e. The van der Waals surface area contributed by atoms with Gasteiger partial charge in [-0.25, -0.2) is 9.67 Å². The molecule has 5 nitrogen and oxygen atoms in total. The summed E-state index contributed by atoms with van der Waals surface area (Å²) in [6.45, 7) is 1.29. The molecule has 0 amide bonds. The third-order valence-electron chi connectivity index (χ3n) is 2.40. The van der Waals surface area contributed by atoms with Crippen LogP contribution in [0.5, 0.6) is 0 Å².